The van der Waals surface area contributed by atoms with Gasteiger partial charge in [-0.05, 0) is 38.9 Å². The van der Waals surface area contributed by atoms with Gasteiger partial charge in [0.2, 0.25) is 0 Å². The molecule has 1 saturated heterocycles. The lowest BCUT2D eigenvalue weighted by Crippen LogP contribution is -2.22. The second kappa shape index (κ2) is 5.92. The van der Waals surface area contributed by atoms with Crippen molar-refractivity contribution in [3.63, 3.8) is 0 Å². The molecule has 17 heavy (non-hydrogen) atoms. The highest BCUT2D eigenvalue weighted by Crippen LogP contribution is 2.22. The van der Waals surface area contributed by atoms with E-state index in [-0.39, 0.29) is 0 Å². The second-order valence-corrected chi connectivity index (χ2v) is 4.40. The van der Waals surface area contributed by atoms with Crippen LogP contribution >= 0.6 is 0 Å². The molecule has 1 heterocycles. The van der Waals surface area contributed by atoms with Gasteiger partial charge in [0, 0.05) is 31.4 Å². The van der Waals surface area contributed by atoms with E-state index in [0.717, 1.165) is 38.3 Å². The third-order valence-corrected chi connectivity index (χ3v) is 3.26. The summed E-state index contributed by atoms with van der Waals surface area (Å²) >= 11 is 0. The molecular weight excluding hydrogens is 212 g/mol. The number of rotatable bonds is 5. The zero-order valence-corrected chi connectivity index (χ0v) is 10.8. The summed E-state index contributed by atoms with van der Waals surface area (Å²) in [6, 6.07) is 8.41. The number of anilines is 1. The van der Waals surface area contributed by atoms with Crippen molar-refractivity contribution in [2.45, 2.75) is 26.4 Å². The maximum Gasteiger partial charge on any atom is 0.121 e. The number of hydrogen-bond donors (Lipinski definition) is 1. The molecule has 2 rings (SSSR count). The predicted octanol–water partition coefficient (Wildman–Crippen LogP) is 2.27. The number of benzene rings is 1. The van der Waals surface area contributed by atoms with Gasteiger partial charge in [-0.15, -0.1) is 0 Å². The Bertz CT molecular complexity index is 344. The van der Waals surface area contributed by atoms with Crippen LogP contribution in [0.15, 0.2) is 24.3 Å². The predicted molar refractivity (Wildman–Crippen MR) is 71.9 cm³/mol. The Labute approximate surface area is 104 Å². The Morgan fingerprint density at radius 3 is 2.82 bits per heavy atom. The topological polar surface area (TPSA) is 24.5 Å². The smallest absolute Gasteiger partial charge is 0.121 e. The zero-order chi connectivity index (χ0) is 12.1. The van der Waals surface area contributed by atoms with Gasteiger partial charge in [0.05, 0.1) is 0 Å². The highest BCUT2D eigenvalue weighted by Gasteiger charge is 2.16. The highest BCUT2D eigenvalue weighted by atomic mass is 16.5. The van der Waals surface area contributed by atoms with Crippen molar-refractivity contribution in [3.8, 4) is 5.75 Å². The van der Waals surface area contributed by atoms with Crippen molar-refractivity contribution < 1.29 is 4.74 Å². The lowest BCUT2D eigenvalue weighted by molar-refractivity contribution is 0.223. The van der Waals surface area contributed by atoms with Crippen molar-refractivity contribution in [1.29, 1.82) is 0 Å². The number of nitrogens with one attached hydrogen (secondary N) is 1. The number of nitrogens with zero attached hydrogens (tertiary/aromatic N) is 1. The van der Waals surface area contributed by atoms with Crippen LogP contribution in [-0.2, 0) is 0 Å². The molecule has 0 saturated carbocycles. The van der Waals surface area contributed by atoms with Crippen molar-refractivity contribution in [2.24, 2.45) is 0 Å². The first-order chi connectivity index (χ1) is 8.33. The van der Waals surface area contributed by atoms with Crippen molar-refractivity contribution in [3.05, 3.63) is 24.3 Å². The molecule has 0 radical (unpaired) electrons. The molecule has 0 unspecified atom stereocenters. The summed E-state index contributed by atoms with van der Waals surface area (Å²) in [5, 5.41) is 3.32. The van der Waals surface area contributed by atoms with E-state index in [1.807, 2.05) is 6.07 Å². The third kappa shape index (κ3) is 3.13. The molecule has 3 heteroatoms. The summed E-state index contributed by atoms with van der Waals surface area (Å²) in [7, 11) is 0. The van der Waals surface area contributed by atoms with Gasteiger partial charge in [0.25, 0.3) is 0 Å². The molecule has 1 aliphatic rings. The molecule has 1 aromatic carbocycles. The van der Waals surface area contributed by atoms with Gasteiger partial charge in [-0.1, -0.05) is 6.07 Å². The van der Waals surface area contributed by atoms with Gasteiger partial charge < -0.3 is 15.0 Å². The van der Waals surface area contributed by atoms with Gasteiger partial charge in [0.1, 0.15) is 11.9 Å². The van der Waals surface area contributed by atoms with E-state index in [0.29, 0.717) is 6.10 Å². The van der Waals surface area contributed by atoms with Gasteiger partial charge in [0.15, 0.2) is 0 Å². The summed E-state index contributed by atoms with van der Waals surface area (Å²) in [4.78, 5) is 2.33. The Hall–Kier alpha value is -1.22. The number of hydrogen-bond acceptors (Lipinski definition) is 3. The second-order valence-electron chi connectivity index (χ2n) is 4.40. The molecular formula is C14H22N2O. The van der Waals surface area contributed by atoms with E-state index in [9.17, 15) is 0 Å². The van der Waals surface area contributed by atoms with Crippen LogP contribution in [0.1, 0.15) is 20.3 Å². The minimum Gasteiger partial charge on any atom is -0.489 e. The first-order valence-corrected chi connectivity index (χ1v) is 6.56. The van der Waals surface area contributed by atoms with Gasteiger partial charge in [-0.25, -0.2) is 0 Å². The van der Waals surface area contributed by atoms with Gasteiger partial charge in [-0.3, -0.25) is 0 Å². The Morgan fingerprint density at radius 1 is 1.35 bits per heavy atom. The lowest BCUT2D eigenvalue weighted by atomic mass is 10.2. The standard InChI is InChI=1S/C14H22N2O/c1-3-16(4-2)12-6-5-7-13(10-12)17-14-8-9-15-11-14/h5-7,10,14-15H,3-4,8-9,11H2,1-2H3/t14-/m1/s1. The van der Waals surface area contributed by atoms with Crippen molar-refractivity contribution in [1.82, 2.24) is 5.32 Å². The first-order valence-electron chi connectivity index (χ1n) is 6.56. The molecule has 1 aliphatic heterocycles. The van der Waals surface area contributed by atoms with Crippen LogP contribution in [-0.4, -0.2) is 32.3 Å². The van der Waals surface area contributed by atoms with Crippen LogP contribution in [0, 0.1) is 0 Å². The van der Waals surface area contributed by atoms with Crippen LogP contribution < -0.4 is 15.0 Å². The minimum atomic E-state index is 0.335. The van der Waals surface area contributed by atoms with E-state index in [1.54, 1.807) is 0 Å². The van der Waals surface area contributed by atoms with E-state index < -0.39 is 0 Å². The van der Waals surface area contributed by atoms with E-state index in [1.165, 1.54) is 5.69 Å². The molecule has 94 valence electrons. The summed E-state index contributed by atoms with van der Waals surface area (Å²) in [6.45, 7) is 8.46. The fourth-order valence-electron chi connectivity index (χ4n) is 2.26. The van der Waals surface area contributed by atoms with Crippen LogP contribution in [0.5, 0.6) is 5.75 Å². The first kappa shape index (κ1) is 12.2. The molecule has 0 spiro atoms. The monoisotopic (exact) mass is 234 g/mol. The molecule has 3 nitrogen and oxygen atoms in total. The molecule has 0 aromatic heterocycles. The summed E-state index contributed by atoms with van der Waals surface area (Å²) in [5.74, 6) is 0.989. The average molecular weight is 234 g/mol. The molecule has 0 bridgehead atoms. The molecule has 1 aromatic rings. The highest BCUT2D eigenvalue weighted by molar-refractivity contribution is 5.50. The van der Waals surface area contributed by atoms with Crippen LogP contribution in [0.2, 0.25) is 0 Å². The van der Waals surface area contributed by atoms with Crippen LogP contribution in [0.4, 0.5) is 5.69 Å². The van der Waals surface area contributed by atoms with Gasteiger partial charge >= 0.3 is 0 Å². The fourth-order valence-corrected chi connectivity index (χ4v) is 2.26. The van der Waals surface area contributed by atoms with Crippen LogP contribution in [0.25, 0.3) is 0 Å². The van der Waals surface area contributed by atoms with Crippen molar-refractivity contribution >= 4 is 5.69 Å². The quantitative estimate of drug-likeness (QED) is 0.846. The maximum absolute atomic E-state index is 5.97. The summed E-state index contributed by atoms with van der Waals surface area (Å²) in [5.41, 5.74) is 1.25. The average Bonchev–Trinajstić information content (AvgIpc) is 2.84. The summed E-state index contributed by atoms with van der Waals surface area (Å²) in [6.07, 6.45) is 1.44. The van der Waals surface area contributed by atoms with Gasteiger partial charge in [-0.2, -0.15) is 0 Å². The molecule has 0 amide bonds. The molecule has 1 fully saturated rings. The van der Waals surface area contributed by atoms with E-state index >= 15 is 0 Å². The van der Waals surface area contributed by atoms with E-state index in [2.05, 4.69) is 42.3 Å². The number of ether oxygens (including phenoxy) is 1. The Morgan fingerprint density at radius 2 is 2.18 bits per heavy atom. The van der Waals surface area contributed by atoms with Crippen molar-refractivity contribution in [2.75, 3.05) is 31.1 Å². The van der Waals surface area contributed by atoms with E-state index in [4.69, 9.17) is 4.74 Å². The summed E-state index contributed by atoms with van der Waals surface area (Å²) < 4.78 is 5.97. The zero-order valence-electron chi connectivity index (χ0n) is 10.8. The molecule has 0 aliphatic carbocycles. The fraction of sp³-hybridized carbons (Fsp3) is 0.571. The SMILES string of the molecule is CCN(CC)c1cccc(O[C@@H]2CCNC2)c1. The maximum atomic E-state index is 5.97. The largest absolute Gasteiger partial charge is 0.489 e. The Kier molecular flexibility index (Phi) is 4.26. The normalized spacial score (nSPS) is 19.3. The molecule has 1 N–H and O–H groups in total. The molecule has 1 atom stereocenters. The Balaban J connectivity index is 2.04. The van der Waals surface area contributed by atoms with Crippen LogP contribution in [0.3, 0.4) is 0 Å². The lowest BCUT2D eigenvalue weighted by Gasteiger charge is -2.22. The minimum absolute atomic E-state index is 0.335. The third-order valence-electron chi connectivity index (χ3n) is 3.26.